The van der Waals surface area contributed by atoms with Crippen LogP contribution in [-0.4, -0.2) is 9.55 Å². The molecule has 62 heavy (non-hydrogen) atoms. The first-order valence-electron chi connectivity index (χ1n) is 26.7. The maximum Gasteiger partial charge on any atom is 0.135 e. The number of pyridine rings is 1. The van der Waals surface area contributed by atoms with Crippen molar-refractivity contribution in [1.82, 2.24) is 9.55 Å². The fraction of sp³-hybridized carbons (Fsp3) is 0.158. The minimum atomic E-state index is -0.748. The Hall–Kier alpha value is -6.22. The van der Waals surface area contributed by atoms with Gasteiger partial charge in [-0.2, -0.15) is 47.0 Å². The van der Waals surface area contributed by atoms with Crippen LogP contribution in [0.25, 0.3) is 49.9 Å². The summed E-state index contributed by atoms with van der Waals surface area (Å²) < 4.78 is 118. The van der Waals surface area contributed by atoms with Crippen LogP contribution >= 0.6 is 0 Å². The second-order valence-electron chi connectivity index (χ2n) is 17.3. The Balaban J connectivity index is 0.00000689. The zero-order chi connectivity index (χ0) is 53.2. The molecule has 9 aromatic rings. The van der Waals surface area contributed by atoms with Gasteiger partial charge in [0.25, 0.3) is 0 Å². The van der Waals surface area contributed by atoms with Crippen LogP contribution in [0.15, 0.2) is 170 Å². The van der Waals surface area contributed by atoms with Crippen LogP contribution in [0.1, 0.15) is 81.6 Å². The third kappa shape index (κ3) is 7.56. The molecule has 5 heteroatoms. The van der Waals surface area contributed by atoms with Gasteiger partial charge in [-0.15, -0.1) is 23.8 Å². The van der Waals surface area contributed by atoms with E-state index in [2.05, 4.69) is 94.6 Å². The Bertz CT molecular complexity index is 3690. The molecular weight excluding hydrogens is 936 g/mol. The van der Waals surface area contributed by atoms with Gasteiger partial charge in [0.1, 0.15) is 5.82 Å². The Morgan fingerprint density at radius 2 is 1.23 bits per heavy atom. The second-order valence-corrected chi connectivity index (χ2v) is 17.3. The van der Waals surface area contributed by atoms with Crippen molar-refractivity contribution in [1.29, 1.82) is 0 Å². The summed E-state index contributed by atoms with van der Waals surface area (Å²) in [6.45, 7) is 14.5. The van der Waals surface area contributed by atoms with E-state index in [-0.39, 0.29) is 48.7 Å². The molecule has 7 aromatic carbocycles. The van der Waals surface area contributed by atoms with E-state index >= 15 is 0 Å². The van der Waals surface area contributed by atoms with Crippen molar-refractivity contribution in [2.45, 2.75) is 58.8 Å². The normalized spacial score (nSPS) is 15.7. The van der Waals surface area contributed by atoms with Gasteiger partial charge in [-0.1, -0.05) is 156 Å². The number of rotatable bonds is 7. The van der Waals surface area contributed by atoms with E-state index in [1.807, 2.05) is 47.5 Å². The quantitative estimate of drug-likeness (QED) is 0.149. The van der Waals surface area contributed by atoms with Crippen LogP contribution in [0, 0.1) is 18.8 Å². The van der Waals surface area contributed by atoms with Gasteiger partial charge < -0.3 is 14.4 Å². The predicted molar refractivity (Wildman–Crippen MR) is 255 cm³/mol. The summed E-state index contributed by atoms with van der Waals surface area (Å²) >= 11 is 0. The molecule has 4 nitrogen and oxygen atoms in total. The van der Waals surface area contributed by atoms with Gasteiger partial charge in [0.15, 0.2) is 0 Å². The molecule has 0 radical (unpaired) electrons. The van der Waals surface area contributed by atoms with E-state index in [9.17, 15) is 2.74 Å². The van der Waals surface area contributed by atoms with Crippen molar-refractivity contribution in [3.05, 3.63) is 211 Å². The van der Waals surface area contributed by atoms with E-state index in [0.29, 0.717) is 23.5 Å². The van der Waals surface area contributed by atoms with Crippen LogP contribution in [-0.2, 0) is 38.3 Å². The summed E-state index contributed by atoms with van der Waals surface area (Å²) in [5, 5.41) is 2.10. The van der Waals surface area contributed by atoms with Crippen molar-refractivity contribution in [3.63, 3.8) is 0 Å². The molecule has 2 aromatic heterocycles. The number of para-hydroxylation sites is 4. The van der Waals surface area contributed by atoms with E-state index in [0.717, 1.165) is 49.9 Å². The standard InChI is InChI=1S/C57H49N4.Pt/c1-56(2,3)43-30-31-58-54(37-43)61-50-25-14-13-22-48(50)49-29-28-39(35-53(49)61)32-40-33-44(57(4,5)6)36-45(34-40)59-38-60(52-27-16-15-26-51(52)59)55-46(41-18-9-7-10-19-41)23-17-24-47(55)42-20-11-8-12-21-42;/h7-31,33,36-38H,32H2,1-6H3;/q-3;/i7D,8D,9D,10D,11D,12D,17D,18D,19D,20D,21D,23D,24D;. The van der Waals surface area contributed by atoms with E-state index in [4.69, 9.17) is 20.1 Å². The molecule has 3 heterocycles. The van der Waals surface area contributed by atoms with E-state index in [1.54, 1.807) is 18.8 Å². The molecule has 0 N–H and O–H groups in total. The number of hydrogen-bond acceptors (Lipinski definition) is 3. The maximum absolute atomic E-state index is 9.45. The molecular formula is C57H49N4Pt-3. The van der Waals surface area contributed by atoms with E-state index in [1.165, 1.54) is 4.90 Å². The molecule has 10 rings (SSSR count). The zero-order valence-corrected chi connectivity index (χ0v) is 37.3. The monoisotopic (exact) mass is 997 g/mol. The summed E-state index contributed by atoms with van der Waals surface area (Å²) in [7, 11) is 0. The topological polar surface area (TPSA) is 24.3 Å². The Morgan fingerprint density at radius 1 is 0.597 bits per heavy atom. The molecule has 1 aliphatic heterocycles. The molecule has 310 valence electrons. The average Bonchev–Trinajstić information content (AvgIpc) is 3.92. The SMILES string of the molecule is [2H]c1c([2H])c([2H])c(-c2c([2H])c([2H])c([2H])c(-c3c([2H])c([2H])c([2H])c([2H])c3[2H])c2N2[CH-]N(c3[c-]c(Cc4[c-]c5c(cc4)c4ccccc4n5-c4cc(C(C)(C)C)ccn4)cc(C(C)(C)C)c3)c3ccccc32)c([2H])c1[2H].[Pt]. The number of benzene rings is 7. The van der Waals surface area contributed by atoms with Crippen LogP contribution in [0.5, 0.6) is 0 Å². The van der Waals surface area contributed by atoms with Gasteiger partial charge in [-0.3, -0.25) is 0 Å². The third-order valence-corrected chi connectivity index (χ3v) is 11.1. The summed E-state index contributed by atoms with van der Waals surface area (Å²) in [5.74, 6) is 0.783. The van der Waals surface area contributed by atoms with Gasteiger partial charge in [-0.25, -0.2) is 4.98 Å². The molecule has 0 spiro atoms. The van der Waals surface area contributed by atoms with Crippen molar-refractivity contribution < 1.29 is 38.9 Å². The van der Waals surface area contributed by atoms with Gasteiger partial charge >= 0.3 is 0 Å². The van der Waals surface area contributed by atoms with Crippen molar-refractivity contribution >= 4 is 44.6 Å². The minimum Gasteiger partial charge on any atom is -0.493 e. The van der Waals surface area contributed by atoms with Gasteiger partial charge in [-0.05, 0) is 69.7 Å². The number of nitrogens with zero attached hydrogens (tertiary/aromatic N) is 4. The maximum atomic E-state index is 9.45. The summed E-state index contributed by atoms with van der Waals surface area (Å²) in [5.41, 5.74) is 4.91. The van der Waals surface area contributed by atoms with E-state index < -0.39 is 89.7 Å². The molecule has 0 saturated carbocycles. The smallest absolute Gasteiger partial charge is 0.135 e. The van der Waals surface area contributed by atoms with Crippen LogP contribution < -0.4 is 9.80 Å². The fourth-order valence-electron chi connectivity index (χ4n) is 7.99. The molecule has 0 amide bonds. The molecule has 0 aliphatic carbocycles. The molecule has 0 saturated heterocycles. The number of hydrogen-bond donors (Lipinski definition) is 0. The van der Waals surface area contributed by atoms with Crippen molar-refractivity contribution in [2.75, 3.05) is 9.80 Å². The Morgan fingerprint density at radius 3 is 1.89 bits per heavy atom. The largest absolute Gasteiger partial charge is 0.493 e. The second kappa shape index (κ2) is 16.2. The fourth-order valence-corrected chi connectivity index (χ4v) is 7.99. The van der Waals surface area contributed by atoms with Gasteiger partial charge in [0.05, 0.1) is 17.8 Å². The summed E-state index contributed by atoms with van der Waals surface area (Å²) in [6, 6.07) is 26.2. The Labute approximate surface area is 399 Å². The van der Waals surface area contributed by atoms with Crippen LogP contribution in [0.4, 0.5) is 22.7 Å². The third-order valence-electron chi connectivity index (χ3n) is 11.1. The first kappa shape index (κ1) is 28.4. The van der Waals surface area contributed by atoms with Gasteiger partial charge in [0, 0.05) is 61.0 Å². The minimum absolute atomic E-state index is 0. The number of fused-ring (bicyclic) bond motifs is 4. The van der Waals surface area contributed by atoms with Gasteiger partial charge in [0.2, 0.25) is 0 Å². The van der Waals surface area contributed by atoms with Crippen molar-refractivity contribution in [3.8, 4) is 28.1 Å². The number of anilines is 4. The summed E-state index contributed by atoms with van der Waals surface area (Å²) in [4.78, 5) is 8.23. The van der Waals surface area contributed by atoms with Crippen LogP contribution in [0.2, 0.25) is 0 Å². The predicted octanol–water partition coefficient (Wildman–Crippen LogP) is 14.7. The molecule has 1 aliphatic rings. The van der Waals surface area contributed by atoms with Crippen LogP contribution in [0.3, 0.4) is 0 Å². The van der Waals surface area contributed by atoms with Crippen molar-refractivity contribution in [2.24, 2.45) is 0 Å². The summed E-state index contributed by atoms with van der Waals surface area (Å²) in [6.07, 6.45) is 2.26. The molecule has 0 fully saturated rings. The molecule has 0 bridgehead atoms. The molecule has 0 atom stereocenters. The number of aromatic nitrogens is 2. The first-order chi connectivity index (χ1) is 34.9. The first-order valence-corrected chi connectivity index (χ1v) is 20.2. The zero-order valence-electron chi connectivity index (χ0n) is 48.0. The Kier molecular flexibility index (Phi) is 7.44. The average molecular weight is 998 g/mol. The molecule has 0 unspecified atom stereocenters.